The second-order valence-electron chi connectivity index (χ2n) is 10.4. The molecule has 0 spiro atoms. The van der Waals surface area contributed by atoms with Crippen LogP contribution in [0.1, 0.15) is 62.1 Å². The van der Waals surface area contributed by atoms with E-state index in [2.05, 4.69) is 12.2 Å². The third kappa shape index (κ3) is 3.33. The van der Waals surface area contributed by atoms with Crippen LogP contribution in [-0.4, -0.2) is 44.3 Å². The van der Waals surface area contributed by atoms with E-state index >= 15 is 0 Å². The summed E-state index contributed by atoms with van der Waals surface area (Å²) in [7, 11) is 0. The first-order chi connectivity index (χ1) is 16.2. The number of carbonyl (C=O) groups is 1. The van der Waals surface area contributed by atoms with Crippen molar-refractivity contribution in [2.45, 2.75) is 69.4 Å². The van der Waals surface area contributed by atoms with E-state index in [1.54, 1.807) is 24.5 Å². The summed E-state index contributed by atoms with van der Waals surface area (Å²) < 4.78 is 28.5. The molecule has 3 aromatic rings. The van der Waals surface area contributed by atoms with Crippen molar-refractivity contribution < 1.29 is 18.7 Å². The number of ether oxygens (including phenoxy) is 2. The Hall–Kier alpha value is -3.20. The Kier molecular flexibility index (Phi) is 4.49. The molecule has 8 nitrogen and oxygen atoms in total. The summed E-state index contributed by atoms with van der Waals surface area (Å²) in [5.74, 6) is -0.0909. The van der Waals surface area contributed by atoms with Gasteiger partial charge in [0.2, 0.25) is 0 Å². The van der Waals surface area contributed by atoms with Crippen LogP contribution in [0.3, 0.4) is 0 Å². The first kappa shape index (κ1) is 21.3. The molecule has 2 atom stereocenters. The minimum atomic E-state index is -1.02. The SMILES string of the molecule is CC(C)Oc1cc2nc(C34COC(C)(C3)C4)cn2cc1C(=O)Nc1cccn([C@@H]2C[C@@H]2F)c1=O. The number of rotatable bonds is 6. The quantitative estimate of drug-likeness (QED) is 0.600. The Morgan fingerprint density at radius 1 is 1.35 bits per heavy atom. The van der Waals surface area contributed by atoms with Gasteiger partial charge in [-0.25, -0.2) is 9.37 Å². The van der Waals surface area contributed by atoms with Crippen LogP contribution in [-0.2, 0) is 10.2 Å². The van der Waals surface area contributed by atoms with Crippen LogP contribution in [0.25, 0.3) is 5.65 Å². The van der Waals surface area contributed by atoms with Crippen LogP contribution in [0.4, 0.5) is 10.1 Å². The van der Waals surface area contributed by atoms with Crippen molar-refractivity contribution in [2.75, 3.05) is 11.9 Å². The number of hydrogen-bond donors (Lipinski definition) is 1. The van der Waals surface area contributed by atoms with Gasteiger partial charge in [0.05, 0.1) is 35.6 Å². The molecule has 2 aliphatic carbocycles. The van der Waals surface area contributed by atoms with Crippen LogP contribution in [0, 0.1) is 0 Å². The van der Waals surface area contributed by atoms with Crippen molar-refractivity contribution in [3.8, 4) is 5.75 Å². The molecule has 7 rings (SSSR count). The molecule has 1 amide bonds. The maximum absolute atomic E-state index is 13.5. The van der Waals surface area contributed by atoms with E-state index in [0.717, 1.165) is 18.5 Å². The summed E-state index contributed by atoms with van der Waals surface area (Å²) in [4.78, 5) is 30.9. The first-order valence-electron chi connectivity index (χ1n) is 11.7. The van der Waals surface area contributed by atoms with Crippen LogP contribution in [0.15, 0.2) is 41.6 Å². The van der Waals surface area contributed by atoms with Gasteiger partial charge in [0, 0.05) is 36.5 Å². The zero-order valence-electron chi connectivity index (χ0n) is 19.4. The number of fused-ring (bicyclic) bond motifs is 2. The summed E-state index contributed by atoms with van der Waals surface area (Å²) >= 11 is 0. The topological polar surface area (TPSA) is 86.9 Å². The predicted molar refractivity (Wildman–Crippen MR) is 123 cm³/mol. The predicted octanol–water partition coefficient (Wildman–Crippen LogP) is 3.64. The van der Waals surface area contributed by atoms with E-state index in [4.69, 9.17) is 14.5 Å². The molecule has 0 radical (unpaired) electrons. The van der Waals surface area contributed by atoms with Gasteiger partial charge in [-0.2, -0.15) is 0 Å². The van der Waals surface area contributed by atoms with Crippen molar-refractivity contribution in [1.29, 1.82) is 0 Å². The Morgan fingerprint density at radius 2 is 2.12 bits per heavy atom. The molecule has 2 bridgehead atoms. The minimum absolute atomic E-state index is 0.0576. The highest BCUT2D eigenvalue weighted by Crippen LogP contribution is 2.58. The fourth-order valence-electron chi connectivity index (χ4n) is 5.44. The van der Waals surface area contributed by atoms with E-state index in [1.165, 1.54) is 10.6 Å². The Morgan fingerprint density at radius 3 is 2.76 bits per heavy atom. The normalized spacial score (nSPS) is 29.3. The van der Waals surface area contributed by atoms with Crippen molar-refractivity contribution in [2.24, 2.45) is 0 Å². The number of pyridine rings is 2. The number of anilines is 1. The van der Waals surface area contributed by atoms with E-state index in [9.17, 15) is 14.0 Å². The van der Waals surface area contributed by atoms with Gasteiger partial charge in [0.15, 0.2) is 0 Å². The Labute approximate surface area is 195 Å². The van der Waals surface area contributed by atoms with Gasteiger partial charge in [0.1, 0.15) is 23.3 Å². The highest BCUT2D eigenvalue weighted by molar-refractivity contribution is 6.06. The summed E-state index contributed by atoms with van der Waals surface area (Å²) in [5, 5.41) is 2.70. The maximum atomic E-state index is 13.5. The zero-order valence-corrected chi connectivity index (χ0v) is 19.4. The fourth-order valence-corrected chi connectivity index (χ4v) is 5.44. The van der Waals surface area contributed by atoms with Crippen LogP contribution < -0.4 is 15.6 Å². The maximum Gasteiger partial charge on any atom is 0.274 e. The van der Waals surface area contributed by atoms with Gasteiger partial charge in [-0.1, -0.05) is 0 Å². The molecule has 178 valence electrons. The molecule has 3 aromatic heterocycles. The summed E-state index contributed by atoms with van der Waals surface area (Å²) in [6, 6.07) is 4.45. The van der Waals surface area contributed by atoms with Crippen LogP contribution in [0.5, 0.6) is 5.75 Å². The van der Waals surface area contributed by atoms with Crippen LogP contribution in [0.2, 0.25) is 0 Å². The average Bonchev–Trinajstić information content (AvgIpc) is 3.08. The van der Waals surface area contributed by atoms with Gasteiger partial charge < -0.3 is 23.8 Å². The average molecular weight is 467 g/mol. The van der Waals surface area contributed by atoms with Crippen molar-refractivity contribution in [3.05, 3.63) is 58.4 Å². The largest absolute Gasteiger partial charge is 0.490 e. The number of nitrogens with one attached hydrogen (secondary N) is 1. The molecule has 2 saturated heterocycles. The number of aromatic nitrogens is 3. The highest BCUT2D eigenvalue weighted by Gasteiger charge is 2.61. The second-order valence-corrected chi connectivity index (χ2v) is 10.4. The molecular formula is C25H27FN4O4. The van der Waals surface area contributed by atoms with E-state index in [0.29, 0.717) is 24.4 Å². The standard InChI is InChI=1S/C25H27FN4O4/c1-14(2)34-19-8-21-28-20(25-11-24(3,12-25)33-13-25)10-29(21)9-15(19)22(31)27-17-5-4-6-30(23(17)32)18-7-16(18)26/h4-6,8-10,14,16,18H,7,11-13H2,1-3H3,(H,27,31)/t16-,18+,24?,25?/m0/s1. The molecule has 4 aliphatic rings. The van der Waals surface area contributed by atoms with Gasteiger partial charge in [-0.05, 0) is 45.7 Å². The fraction of sp³-hybridized carbons (Fsp3) is 0.480. The molecular weight excluding hydrogens is 439 g/mol. The number of nitrogens with zero attached hydrogens (tertiary/aromatic N) is 3. The molecule has 0 unspecified atom stereocenters. The first-order valence-corrected chi connectivity index (χ1v) is 11.7. The van der Waals surface area contributed by atoms with Crippen LogP contribution >= 0.6 is 0 Å². The molecule has 1 N–H and O–H groups in total. The summed E-state index contributed by atoms with van der Waals surface area (Å²) in [5.41, 5.74) is 1.46. The lowest BCUT2D eigenvalue weighted by atomic mass is 9.62. The molecule has 2 aliphatic heterocycles. The number of halogens is 1. The van der Waals surface area contributed by atoms with Crippen molar-refractivity contribution in [1.82, 2.24) is 14.0 Å². The number of imidazole rings is 1. The molecule has 4 fully saturated rings. The molecule has 5 heterocycles. The van der Waals surface area contributed by atoms with Crippen molar-refractivity contribution >= 4 is 17.2 Å². The molecule has 34 heavy (non-hydrogen) atoms. The lowest BCUT2D eigenvalue weighted by Crippen LogP contribution is -2.45. The molecule has 9 heteroatoms. The summed E-state index contributed by atoms with van der Waals surface area (Å²) in [6.45, 7) is 6.54. The number of amides is 1. The van der Waals surface area contributed by atoms with Crippen molar-refractivity contribution in [3.63, 3.8) is 0 Å². The van der Waals surface area contributed by atoms with Gasteiger partial charge >= 0.3 is 0 Å². The number of alkyl halides is 1. The molecule has 0 aromatic carbocycles. The highest BCUT2D eigenvalue weighted by atomic mass is 19.1. The van der Waals surface area contributed by atoms with Gasteiger partial charge in [0.25, 0.3) is 11.5 Å². The second kappa shape index (κ2) is 7.15. The summed E-state index contributed by atoms with van der Waals surface area (Å²) in [6.07, 6.45) is 6.18. The zero-order chi connectivity index (χ0) is 23.8. The number of carbonyl (C=O) groups excluding carboxylic acids is 1. The smallest absolute Gasteiger partial charge is 0.274 e. The third-order valence-corrected chi connectivity index (χ3v) is 7.09. The van der Waals surface area contributed by atoms with Gasteiger partial charge in [-0.15, -0.1) is 0 Å². The van der Waals surface area contributed by atoms with E-state index < -0.39 is 23.7 Å². The lowest BCUT2D eigenvalue weighted by molar-refractivity contribution is 0.0154. The Bertz CT molecular complexity index is 1370. The molecule has 2 saturated carbocycles. The number of hydrogen-bond acceptors (Lipinski definition) is 5. The lowest BCUT2D eigenvalue weighted by Gasteiger charge is -2.41. The van der Waals surface area contributed by atoms with Gasteiger partial charge in [-0.3, -0.25) is 9.59 Å². The third-order valence-electron chi connectivity index (χ3n) is 7.09. The Balaban J connectivity index is 1.35. The van der Waals surface area contributed by atoms with E-state index in [-0.39, 0.29) is 28.4 Å². The minimum Gasteiger partial charge on any atom is -0.490 e. The van der Waals surface area contributed by atoms with E-state index in [1.807, 2.05) is 24.4 Å². The monoisotopic (exact) mass is 466 g/mol.